The quantitative estimate of drug-likeness (QED) is 0.579. The molecule has 0 fully saturated rings. The van der Waals surface area contributed by atoms with Gasteiger partial charge in [-0.25, -0.2) is 8.42 Å². The molecule has 0 spiro atoms. The molecule has 1 N–H and O–H groups in total. The van der Waals surface area contributed by atoms with Crippen LogP contribution in [0.2, 0.25) is 5.02 Å². The highest BCUT2D eigenvalue weighted by Crippen LogP contribution is 2.30. The van der Waals surface area contributed by atoms with E-state index in [2.05, 4.69) is 5.32 Å². The summed E-state index contributed by atoms with van der Waals surface area (Å²) in [6, 6.07) is 9.03. The second-order valence-electron chi connectivity index (χ2n) is 5.91. The molecule has 10 heteroatoms. The first-order valence-corrected chi connectivity index (χ1v) is 10.0. The number of carbonyl (C=O) groups excluding carboxylic acids is 1. The maximum atomic E-state index is 12.4. The van der Waals surface area contributed by atoms with Gasteiger partial charge in [0, 0.05) is 16.8 Å². The first kappa shape index (κ1) is 20.7. The van der Waals surface area contributed by atoms with E-state index < -0.39 is 27.4 Å². The molecule has 0 aliphatic heterocycles. The molecular formula is C17H18ClN3O5S. The Morgan fingerprint density at radius 2 is 1.81 bits per heavy atom. The Balaban J connectivity index is 2.37. The maximum Gasteiger partial charge on any atom is 0.274 e. The molecule has 1 amide bonds. The lowest BCUT2D eigenvalue weighted by molar-refractivity contribution is -0.385. The molecule has 0 heterocycles. The van der Waals surface area contributed by atoms with Crippen molar-refractivity contribution in [2.24, 2.45) is 0 Å². The Kier molecular flexibility index (Phi) is 6.07. The van der Waals surface area contributed by atoms with E-state index in [-0.39, 0.29) is 16.9 Å². The number of nitrogens with one attached hydrogen (secondary N) is 1. The average Bonchev–Trinajstić information content (AvgIpc) is 2.56. The van der Waals surface area contributed by atoms with Crippen LogP contribution in [0.3, 0.4) is 0 Å². The first-order valence-electron chi connectivity index (χ1n) is 7.79. The van der Waals surface area contributed by atoms with E-state index in [1.165, 1.54) is 25.1 Å². The summed E-state index contributed by atoms with van der Waals surface area (Å²) in [5.41, 5.74) is 1.10. The molecule has 2 rings (SSSR count). The van der Waals surface area contributed by atoms with Crippen molar-refractivity contribution in [2.75, 3.05) is 22.4 Å². The largest absolute Gasteiger partial charge is 0.324 e. The van der Waals surface area contributed by atoms with Crippen LogP contribution in [0.4, 0.5) is 17.1 Å². The molecule has 0 atom stereocenters. The van der Waals surface area contributed by atoms with Gasteiger partial charge in [-0.2, -0.15) is 0 Å². The Hall–Kier alpha value is -2.65. The normalized spacial score (nSPS) is 11.1. The van der Waals surface area contributed by atoms with Crippen LogP contribution in [0.1, 0.15) is 11.1 Å². The van der Waals surface area contributed by atoms with E-state index in [9.17, 15) is 23.3 Å². The van der Waals surface area contributed by atoms with Gasteiger partial charge in [-0.15, -0.1) is 0 Å². The minimum absolute atomic E-state index is 0.0738. The summed E-state index contributed by atoms with van der Waals surface area (Å²) >= 11 is 6.02. The van der Waals surface area contributed by atoms with Crippen molar-refractivity contribution < 1.29 is 18.1 Å². The maximum absolute atomic E-state index is 12.4. The van der Waals surface area contributed by atoms with Gasteiger partial charge in [-0.05, 0) is 37.6 Å². The zero-order valence-corrected chi connectivity index (χ0v) is 16.5. The first-order chi connectivity index (χ1) is 12.5. The smallest absolute Gasteiger partial charge is 0.274 e. The third-order valence-corrected chi connectivity index (χ3v) is 5.51. The second-order valence-corrected chi connectivity index (χ2v) is 8.22. The van der Waals surface area contributed by atoms with Crippen LogP contribution < -0.4 is 9.62 Å². The van der Waals surface area contributed by atoms with Gasteiger partial charge in [0.1, 0.15) is 6.54 Å². The van der Waals surface area contributed by atoms with E-state index >= 15 is 0 Å². The van der Waals surface area contributed by atoms with Gasteiger partial charge in [0.2, 0.25) is 15.9 Å². The van der Waals surface area contributed by atoms with Crippen LogP contribution in [0.15, 0.2) is 36.4 Å². The van der Waals surface area contributed by atoms with Crippen molar-refractivity contribution in [1.82, 2.24) is 0 Å². The number of carbonyl (C=O) groups is 1. The number of halogens is 1. The Bertz CT molecular complexity index is 1010. The van der Waals surface area contributed by atoms with E-state index in [4.69, 9.17) is 11.6 Å². The summed E-state index contributed by atoms with van der Waals surface area (Å²) in [5, 5.41) is 14.2. The predicted molar refractivity (Wildman–Crippen MR) is 105 cm³/mol. The molecule has 2 aromatic rings. The Morgan fingerprint density at radius 1 is 1.19 bits per heavy atom. The molecule has 0 bridgehead atoms. The highest BCUT2D eigenvalue weighted by Gasteiger charge is 2.26. The number of nitro groups is 1. The molecule has 0 saturated heterocycles. The topological polar surface area (TPSA) is 110 Å². The predicted octanol–water partition coefficient (Wildman–Crippen LogP) is 3.27. The minimum Gasteiger partial charge on any atom is -0.324 e. The third-order valence-electron chi connectivity index (χ3n) is 3.97. The molecule has 8 nitrogen and oxygen atoms in total. The number of hydrogen-bond acceptors (Lipinski definition) is 5. The summed E-state index contributed by atoms with van der Waals surface area (Å²) < 4.78 is 25.3. The number of hydrogen-bond donors (Lipinski definition) is 1. The van der Waals surface area contributed by atoms with Gasteiger partial charge in [0.15, 0.2) is 0 Å². The number of nitrogens with zero attached hydrogens (tertiary/aromatic N) is 2. The standard InChI is InChI=1S/C17H18ClN3O5S/c1-11-13(18)6-4-7-14(11)19-17(22)10-20(27(3,25)26)15-8-5-9-16(12(15)2)21(23)24/h4-9H,10H2,1-3H3,(H,19,22). The number of anilines is 2. The van der Waals surface area contributed by atoms with Crippen molar-refractivity contribution >= 4 is 44.6 Å². The fraction of sp³-hybridized carbons (Fsp3) is 0.235. The summed E-state index contributed by atoms with van der Waals surface area (Å²) in [4.78, 5) is 23.0. The molecular weight excluding hydrogens is 394 g/mol. The monoisotopic (exact) mass is 411 g/mol. The number of amides is 1. The average molecular weight is 412 g/mol. The van der Waals surface area contributed by atoms with Crippen LogP contribution in [0.5, 0.6) is 0 Å². The fourth-order valence-electron chi connectivity index (χ4n) is 2.52. The number of sulfonamides is 1. The zero-order chi connectivity index (χ0) is 20.4. The van der Waals surface area contributed by atoms with Crippen LogP contribution >= 0.6 is 11.6 Å². The number of rotatable bonds is 6. The lowest BCUT2D eigenvalue weighted by Crippen LogP contribution is -2.38. The molecule has 0 aliphatic carbocycles. The van der Waals surface area contributed by atoms with Gasteiger partial charge < -0.3 is 5.32 Å². The number of benzene rings is 2. The summed E-state index contributed by atoms with van der Waals surface area (Å²) in [6.45, 7) is 2.62. The highest BCUT2D eigenvalue weighted by molar-refractivity contribution is 7.92. The van der Waals surface area contributed by atoms with Gasteiger partial charge >= 0.3 is 0 Å². The molecule has 0 radical (unpaired) electrons. The summed E-state index contributed by atoms with van der Waals surface area (Å²) in [5.74, 6) is -0.600. The van der Waals surface area contributed by atoms with Crippen molar-refractivity contribution in [1.29, 1.82) is 0 Å². The van der Waals surface area contributed by atoms with Crippen molar-refractivity contribution in [2.45, 2.75) is 13.8 Å². The number of nitro benzene ring substituents is 1. The van der Waals surface area contributed by atoms with Crippen molar-refractivity contribution in [3.05, 3.63) is 62.7 Å². The molecule has 0 aliphatic rings. The fourth-order valence-corrected chi connectivity index (χ4v) is 3.61. The Morgan fingerprint density at radius 3 is 2.41 bits per heavy atom. The van der Waals surface area contributed by atoms with Crippen LogP contribution in [0.25, 0.3) is 0 Å². The minimum atomic E-state index is -3.86. The molecule has 27 heavy (non-hydrogen) atoms. The SMILES string of the molecule is Cc1c(Cl)cccc1NC(=O)CN(c1cccc([N+](=O)[O-])c1C)S(C)(=O)=O. The van der Waals surface area contributed by atoms with Gasteiger partial charge in [-0.1, -0.05) is 23.7 Å². The van der Waals surface area contributed by atoms with E-state index in [1.807, 2.05) is 0 Å². The van der Waals surface area contributed by atoms with Crippen molar-refractivity contribution in [3.63, 3.8) is 0 Å². The lowest BCUT2D eigenvalue weighted by Gasteiger charge is -2.23. The van der Waals surface area contributed by atoms with Crippen LogP contribution in [0, 0.1) is 24.0 Å². The van der Waals surface area contributed by atoms with Crippen molar-refractivity contribution in [3.8, 4) is 0 Å². The van der Waals surface area contributed by atoms with Gasteiger partial charge in [-0.3, -0.25) is 19.2 Å². The molecule has 144 valence electrons. The van der Waals surface area contributed by atoms with E-state index in [1.54, 1.807) is 25.1 Å². The van der Waals surface area contributed by atoms with Gasteiger partial charge in [0.25, 0.3) is 5.69 Å². The summed E-state index contributed by atoms with van der Waals surface area (Å²) in [7, 11) is -3.86. The lowest BCUT2D eigenvalue weighted by atomic mass is 10.1. The molecule has 0 aromatic heterocycles. The Labute approximate surface area is 162 Å². The summed E-state index contributed by atoms with van der Waals surface area (Å²) in [6.07, 6.45) is 0.934. The molecule has 2 aromatic carbocycles. The molecule has 0 unspecified atom stereocenters. The highest BCUT2D eigenvalue weighted by atomic mass is 35.5. The third kappa shape index (κ3) is 4.75. The van der Waals surface area contributed by atoms with Crippen LogP contribution in [-0.2, 0) is 14.8 Å². The van der Waals surface area contributed by atoms with E-state index in [0.717, 1.165) is 10.6 Å². The zero-order valence-electron chi connectivity index (χ0n) is 14.9. The molecule has 0 saturated carbocycles. The van der Waals surface area contributed by atoms with E-state index in [0.29, 0.717) is 16.3 Å². The second kappa shape index (κ2) is 7.93. The van der Waals surface area contributed by atoms with Gasteiger partial charge in [0.05, 0.1) is 22.4 Å². The van der Waals surface area contributed by atoms with Crippen LogP contribution in [-0.4, -0.2) is 32.0 Å².